The number of piperidine rings is 1. The second kappa shape index (κ2) is 6.80. The second-order valence-electron chi connectivity index (χ2n) is 5.66. The molecule has 1 unspecified atom stereocenters. The van der Waals surface area contributed by atoms with E-state index < -0.39 is 0 Å². The molecule has 106 valence electrons. The van der Waals surface area contributed by atoms with Gasteiger partial charge in [-0.25, -0.2) is 0 Å². The average Bonchev–Trinajstić information content (AvgIpc) is 2.45. The fourth-order valence-corrected chi connectivity index (χ4v) is 2.45. The largest absolute Gasteiger partial charge is 0.493 e. The Morgan fingerprint density at radius 3 is 2.79 bits per heavy atom. The highest BCUT2D eigenvalue weighted by Crippen LogP contribution is 2.33. The van der Waals surface area contributed by atoms with Gasteiger partial charge in [0.05, 0.1) is 13.7 Å². The standard InChI is InChI=1S/C16H25NO2/c1-12(2)11-19-15-7-6-13(9-16(15)18-3)14-5-4-8-17-10-14/h6-7,9,12,14,17H,4-5,8,10-11H2,1-3H3. The van der Waals surface area contributed by atoms with Crippen molar-refractivity contribution >= 4 is 0 Å². The van der Waals surface area contributed by atoms with Crippen molar-refractivity contribution in [2.24, 2.45) is 5.92 Å². The number of ether oxygens (including phenoxy) is 2. The number of nitrogens with one attached hydrogen (secondary N) is 1. The molecule has 3 heteroatoms. The van der Waals surface area contributed by atoms with Crippen molar-refractivity contribution < 1.29 is 9.47 Å². The van der Waals surface area contributed by atoms with Gasteiger partial charge in [-0.05, 0) is 48.9 Å². The second-order valence-corrected chi connectivity index (χ2v) is 5.66. The molecule has 0 bridgehead atoms. The maximum absolute atomic E-state index is 5.79. The first-order valence-electron chi connectivity index (χ1n) is 7.22. The van der Waals surface area contributed by atoms with Gasteiger partial charge in [-0.3, -0.25) is 0 Å². The van der Waals surface area contributed by atoms with E-state index in [4.69, 9.17) is 9.47 Å². The SMILES string of the molecule is COc1cc(C2CCCNC2)ccc1OCC(C)C. The first-order chi connectivity index (χ1) is 9.20. The Bertz CT molecular complexity index is 398. The maximum atomic E-state index is 5.79. The van der Waals surface area contributed by atoms with Gasteiger partial charge in [0.1, 0.15) is 0 Å². The zero-order valence-corrected chi connectivity index (χ0v) is 12.2. The van der Waals surface area contributed by atoms with Crippen molar-refractivity contribution in [3.8, 4) is 11.5 Å². The van der Waals surface area contributed by atoms with E-state index in [9.17, 15) is 0 Å². The first-order valence-corrected chi connectivity index (χ1v) is 7.22. The maximum Gasteiger partial charge on any atom is 0.161 e. The summed E-state index contributed by atoms with van der Waals surface area (Å²) in [6.07, 6.45) is 2.50. The summed E-state index contributed by atoms with van der Waals surface area (Å²) in [6, 6.07) is 6.36. The van der Waals surface area contributed by atoms with Gasteiger partial charge in [0.2, 0.25) is 0 Å². The Morgan fingerprint density at radius 1 is 1.32 bits per heavy atom. The summed E-state index contributed by atoms with van der Waals surface area (Å²) < 4.78 is 11.3. The van der Waals surface area contributed by atoms with Crippen LogP contribution in [0.3, 0.4) is 0 Å². The minimum absolute atomic E-state index is 0.520. The Hall–Kier alpha value is -1.22. The molecular formula is C16H25NO2. The van der Waals surface area contributed by atoms with Crippen molar-refractivity contribution in [2.75, 3.05) is 26.8 Å². The minimum atomic E-state index is 0.520. The molecule has 1 aliphatic heterocycles. The van der Waals surface area contributed by atoms with Gasteiger partial charge in [0.15, 0.2) is 11.5 Å². The van der Waals surface area contributed by atoms with Gasteiger partial charge in [-0.2, -0.15) is 0 Å². The lowest BCUT2D eigenvalue weighted by atomic mass is 9.91. The number of hydrogen-bond donors (Lipinski definition) is 1. The van der Waals surface area contributed by atoms with Crippen LogP contribution >= 0.6 is 0 Å². The molecule has 1 aromatic carbocycles. The molecule has 0 aromatic heterocycles. The van der Waals surface area contributed by atoms with E-state index >= 15 is 0 Å². The molecule has 1 aromatic rings. The van der Waals surface area contributed by atoms with Gasteiger partial charge in [-0.15, -0.1) is 0 Å². The summed E-state index contributed by atoms with van der Waals surface area (Å²) in [4.78, 5) is 0. The Kier molecular flexibility index (Phi) is 5.08. The fourth-order valence-electron chi connectivity index (χ4n) is 2.45. The van der Waals surface area contributed by atoms with Gasteiger partial charge in [-0.1, -0.05) is 19.9 Å². The summed E-state index contributed by atoms with van der Waals surface area (Å²) in [6.45, 7) is 7.22. The number of benzene rings is 1. The zero-order chi connectivity index (χ0) is 13.7. The van der Waals surface area contributed by atoms with Crippen LogP contribution in [0.15, 0.2) is 18.2 Å². The third kappa shape index (κ3) is 3.87. The van der Waals surface area contributed by atoms with Gasteiger partial charge >= 0.3 is 0 Å². The molecule has 1 N–H and O–H groups in total. The minimum Gasteiger partial charge on any atom is -0.493 e. The molecule has 0 saturated carbocycles. The molecule has 0 aliphatic carbocycles. The molecule has 0 spiro atoms. The summed E-state index contributed by atoms with van der Waals surface area (Å²) in [5, 5.41) is 3.45. The third-order valence-electron chi connectivity index (χ3n) is 3.53. The Labute approximate surface area is 116 Å². The molecule has 0 radical (unpaired) electrons. The summed E-state index contributed by atoms with van der Waals surface area (Å²) in [5.41, 5.74) is 1.35. The van der Waals surface area contributed by atoms with E-state index in [0.717, 1.165) is 31.2 Å². The van der Waals surface area contributed by atoms with Crippen LogP contribution in [0.4, 0.5) is 0 Å². The summed E-state index contributed by atoms with van der Waals surface area (Å²) >= 11 is 0. The van der Waals surface area contributed by atoms with Crippen molar-refractivity contribution in [3.05, 3.63) is 23.8 Å². The van der Waals surface area contributed by atoms with Crippen LogP contribution in [-0.2, 0) is 0 Å². The fraction of sp³-hybridized carbons (Fsp3) is 0.625. The van der Waals surface area contributed by atoms with Gasteiger partial charge in [0, 0.05) is 6.54 Å². The topological polar surface area (TPSA) is 30.5 Å². The van der Waals surface area contributed by atoms with Crippen molar-refractivity contribution in [1.82, 2.24) is 5.32 Å². The highest BCUT2D eigenvalue weighted by molar-refractivity contribution is 5.44. The van der Waals surface area contributed by atoms with Crippen LogP contribution in [-0.4, -0.2) is 26.8 Å². The average molecular weight is 263 g/mol. The van der Waals surface area contributed by atoms with E-state index in [1.165, 1.54) is 18.4 Å². The molecule has 1 fully saturated rings. The molecule has 0 amide bonds. The van der Waals surface area contributed by atoms with Crippen LogP contribution < -0.4 is 14.8 Å². The lowest BCUT2D eigenvalue weighted by molar-refractivity contribution is 0.256. The molecule has 19 heavy (non-hydrogen) atoms. The predicted molar refractivity (Wildman–Crippen MR) is 78.2 cm³/mol. The normalized spacial score (nSPS) is 19.5. The molecule has 1 saturated heterocycles. The number of methoxy groups -OCH3 is 1. The van der Waals surface area contributed by atoms with E-state index in [1.54, 1.807) is 7.11 Å². The quantitative estimate of drug-likeness (QED) is 0.885. The Balaban J connectivity index is 2.10. The summed E-state index contributed by atoms with van der Waals surface area (Å²) in [7, 11) is 1.71. The van der Waals surface area contributed by atoms with E-state index in [0.29, 0.717) is 11.8 Å². The molecule has 3 nitrogen and oxygen atoms in total. The van der Waals surface area contributed by atoms with Gasteiger partial charge in [0.25, 0.3) is 0 Å². The van der Waals surface area contributed by atoms with Crippen molar-refractivity contribution in [2.45, 2.75) is 32.6 Å². The summed E-state index contributed by atoms with van der Waals surface area (Å²) in [5.74, 6) is 2.82. The van der Waals surface area contributed by atoms with Gasteiger partial charge < -0.3 is 14.8 Å². The van der Waals surface area contributed by atoms with E-state index in [-0.39, 0.29) is 0 Å². The highest BCUT2D eigenvalue weighted by atomic mass is 16.5. The van der Waals surface area contributed by atoms with Crippen molar-refractivity contribution in [1.29, 1.82) is 0 Å². The lowest BCUT2D eigenvalue weighted by Crippen LogP contribution is -2.28. The van der Waals surface area contributed by atoms with E-state index in [2.05, 4.69) is 31.3 Å². The van der Waals surface area contributed by atoms with E-state index in [1.807, 2.05) is 6.07 Å². The van der Waals surface area contributed by atoms with Crippen molar-refractivity contribution in [3.63, 3.8) is 0 Å². The van der Waals surface area contributed by atoms with Crippen LogP contribution in [0.5, 0.6) is 11.5 Å². The monoisotopic (exact) mass is 263 g/mol. The first kappa shape index (κ1) is 14.2. The predicted octanol–water partition coefficient (Wildman–Crippen LogP) is 3.20. The van der Waals surface area contributed by atoms with Crippen LogP contribution in [0.25, 0.3) is 0 Å². The third-order valence-corrected chi connectivity index (χ3v) is 3.53. The zero-order valence-electron chi connectivity index (χ0n) is 12.2. The number of hydrogen-bond acceptors (Lipinski definition) is 3. The lowest BCUT2D eigenvalue weighted by Gasteiger charge is -2.24. The molecule has 1 heterocycles. The Morgan fingerprint density at radius 2 is 2.16 bits per heavy atom. The molecular weight excluding hydrogens is 238 g/mol. The van der Waals surface area contributed by atoms with Crippen LogP contribution in [0.2, 0.25) is 0 Å². The smallest absolute Gasteiger partial charge is 0.161 e. The molecule has 1 aliphatic rings. The van der Waals surface area contributed by atoms with Crippen LogP contribution in [0.1, 0.15) is 38.2 Å². The number of rotatable bonds is 5. The highest BCUT2D eigenvalue weighted by Gasteiger charge is 2.17. The molecule has 2 rings (SSSR count). The molecule has 1 atom stereocenters. The van der Waals surface area contributed by atoms with Crippen LogP contribution in [0, 0.1) is 5.92 Å².